The van der Waals surface area contributed by atoms with E-state index in [-0.39, 0.29) is 12.1 Å². The van der Waals surface area contributed by atoms with Gasteiger partial charge in [-0.05, 0) is 25.8 Å². The van der Waals surface area contributed by atoms with Crippen molar-refractivity contribution in [3.8, 4) is 0 Å². The lowest BCUT2D eigenvalue weighted by molar-refractivity contribution is -0.134. The third-order valence-electron chi connectivity index (χ3n) is 3.65. The van der Waals surface area contributed by atoms with Gasteiger partial charge in [-0.25, -0.2) is 4.39 Å². The Balaban J connectivity index is 2.38. The molecular weight excluding hydrogens is 245 g/mol. The maximum Gasteiger partial charge on any atom is 0.282 e. The van der Waals surface area contributed by atoms with Crippen LogP contribution in [0.25, 0.3) is 0 Å². The number of fused-ring (bicyclic) bond motifs is 1. The standard InChI is InChI=1S/C14H20FN3O/c1-8(2)12-6-13-11(5)18(14(19)10(4)15)9(3)7-17(13)16-12/h6,8-9,11H,4,7H2,1-3,5H3. The van der Waals surface area contributed by atoms with Gasteiger partial charge in [0.25, 0.3) is 5.91 Å². The highest BCUT2D eigenvalue weighted by atomic mass is 19.1. The molecule has 2 unspecified atom stereocenters. The van der Waals surface area contributed by atoms with Crippen LogP contribution in [0.5, 0.6) is 0 Å². The molecule has 1 aliphatic rings. The van der Waals surface area contributed by atoms with Gasteiger partial charge < -0.3 is 4.90 Å². The summed E-state index contributed by atoms with van der Waals surface area (Å²) in [7, 11) is 0. The Labute approximate surface area is 112 Å². The predicted octanol–water partition coefficient (Wildman–Crippen LogP) is 2.78. The number of hydrogen-bond donors (Lipinski definition) is 0. The van der Waals surface area contributed by atoms with Crippen molar-refractivity contribution in [2.75, 3.05) is 0 Å². The summed E-state index contributed by atoms with van der Waals surface area (Å²) >= 11 is 0. The zero-order chi connectivity index (χ0) is 14.3. The third kappa shape index (κ3) is 2.29. The molecule has 0 radical (unpaired) electrons. The number of aromatic nitrogens is 2. The summed E-state index contributed by atoms with van der Waals surface area (Å²) in [6.07, 6.45) is 0. The van der Waals surface area contributed by atoms with Crippen molar-refractivity contribution < 1.29 is 9.18 Å². The van der Waals surface area contributed by atoms with Gasteiger partial charge in [0, 0.05) is 6.04 Å². The molecule has 0 fully saturated rings. The summed E-state index contributed by atoms with van der Waals surface area (Å²) in [5.41, 5.74) is 1.96. The van der Waals surface area contributed by atoms with Gasteiger partial charge in [-0.2, -0.15) is 5.10 Å². The Kier molecular flexibility index (Phi) is 3.47. The fourth-order valence-electron chi connectivity index (χ4n) is 2.60. The van der Waals surface area contributed by atoms with Crippen LogP contribution in [0.15, 0.2) is 18.5 Å². The minimum atomic E-state index is -0.907. The Morgan fingerprint density at radius 2 is 2.16 bits per heavy atom. The van der Waals surface area contributed by atoms with Crippen LogP contribution in [-0.2, 0) is 11.3 Å². The Bertz CT molecular complexity index is 521. The Morgan fingerprint density at radius 1 is 1.53 bits per heavy atom. The average molecular weight is 265 g/mol. The van der Waals surface area contributed by atoms with Crippen LogP contribution in [0.3, 0.4) is 0 Å². The molecule has 1 aliphatic heterocycles. The van der Waals surface area contributed by atoms with E-state index in [1.165, 1.54) is 0 Å². The summed E-state index contributed by atoms with van der Waals surface area (Å²) in [6.45, 7) is 11.6. The number of hydrogen-bond acceptors (Lipinski definition) is 2. The smallest absolute Gasteiger partial charge is 0.282 e. The van der Waals surface area contributed by atoms with Crippen molar-refractivity contribution in [1.29, 1.82) is 0 Å². The van der Waals surface area contributed by atoms with Crippen molar-refractivity contribution in [2.45, 2.75) is 52.2 Å². The fraction of sp³-hybridized carbons (Fsp3) is 0.571. The van der Waals surface area contributed by atoms with Crippen LogP contribution >= 0.6 is 0 Å². The molecule has 19 heavy (non-hydrogen) atoms. The van der Waals surface area contributed by atoms with Crippen LogP contribution in [0.2, 0.25) is 0 Å². The summed E-state index contributed by atoms with van der Waals surface area (Å²) in [6, 6.07) is 1.72. The molecule has 2 rings (SSSR count). The van der Waals surface area contributed by atoms with E-state index in [0.29, 0.717) is 12.5 Å². The summed E-state index contributed by atoms with van der Waals surface area (Å²) in [5, 5.41) is 4.55. The van der Waals surface area contributed by atoms with Crippen molar-refractivity contribution in [3.05, 3.63) is 29.9 Å². The molecule has 0 aromatic carbocycles. The van der Waals surface area contributed by atoms with Gasteiger partial charge in [0.05, 0.1) is 24.0 Å². The number of carbonyl (C=O) groups excluding carboxylic acids is 1. The minimum absolute atomic E-state index is 0.0950. The molecule has 0 bridgehead atoms. The van der Waals surface area contributed by atoms with E-state index in [0.717, 1.165) is 11.4 Å². The summed E-state index contributed by atoms with van der Waals surface area (Å²) < 4.78 is 15.1. The van der Waals surface area contributed by atoms with Crippen LogP contribution in [0.4, 0.5) is 4.39 Å². The van der Waals surface area contributed by atoms with Gasteiger partial charge >= 0.3 is 0 Å². The van der Waals surface area contributed by atoms with Gasteiger partial charge in [0.15, 0.2) is 5.83 Å². The molecule has 4 nitrogen and oxygen atoms in total. The van der Waals surface area contributed by atoms with E-state index < -0.39 is 11.7 Å². The topological polar surface area (TPSA) is 38.1 Å². The highest BCUT2D eigenvalue weighted by Crippen LogP contribution is 2.31. The molecule has 0 saturated carbocycles. The molecule has 5 heteroatoms. The first-order chi connectivity index (χ1) is 8.82. The second-order valence-corrected chi connectivity index (χ2v) is 5.47. The zero-order valence-corrected chi connectivity index (χ0v) is 11.9. The summed E-state index contributed by atoms with van der Waals surface area (Å²) in [4.78, 5) is 13.4. The molecule has 0 saturated heterocycles. The lowest BCUT2D eigenvalue weighted by Crippen LogP contribution is -2.47. The molecule has 2 heterocycles. The molecule has 1 aromatic rings. The predicted molar refractivity (Wildman–Crippen MR) is 71.3 cm³/mol. The molecular formula is C14H20FN3O. The van der Waals surface area contributed by atoms with E-state index in [2.05, 4.69) is 25.5 Å². The number of rotatable bonds is 2. The number of halogens is 1. The quantitative estimate of drug-likeness (QED) is 0.771. The normalized spacial score (nSPS) is 22.5. The lowest BCUT2D eigenvalue weighted by atomic mass is 10.0. The molecule has 0 N–H and O–H groups in total. The van der Waals surface area contributed by atoms with Crippen LogP contribution < -0.4 is 0 Å². The monoisotopic (exact) mass is 265 g/mol. The number of amides is 1. The van der Waals surface area contributed by atoms with Gasteiger partial charge in [-0.3, -0.25) is 9.48 Å². The van der Waals surface area contributed by atoms with E-state index in [4.69, 9.17) is 0 Å². The van der Waals surface area contributed by atoms with Gasteiger partial charge in [-0.15, -0.1) is 0 Å². The summed E-state index contributed by atoms with van der Waals surface area (Å²) in [5.74, 6) is -1.20. The molecule has 1 amide bonds. The zero-order valence-electron chi connectivity index (χ0n) is 11.9. The largest absolute Gasteiger partial charge is 0.324 e. The highest BCUT2D eigenvalue weighted by molar-refractivity contribution is 5.91. The second kappa shape index (κ2) is 4.79. The van der Waals surface area contributed by atoms with Crippen molar-refractivity contribution in [3.63, 3.8) is 0 Å². The third-order valence-corrected chi connectivity index (χ3v) is 3.65. The second-order valence-electron chi connectivity index (χ2n) is 5.47. The molecule has 0 spiro atoms. The highest BCUT2D eigenvalue weighted by Gasteiger charge is 2.35. The maximum absolute atomic E-state index is 13.1. The Morgan fingerprint density at radius 3 is 2.68 bits per heavy atom. The van der Waals surface area contributed by atoms with Crippen LogP contribution in [0.1, 0.15) is 51.0 Å². The fourth-order valence-corrected chi connectivity index (χ4v) is 2.60. The molecule has 2 atom stereocenters. The van der Waals surface area contributed by atoms with Gasteiger partial charge in [0.2, 0.25) is 0 Å². The molecule has 1 aromatic heterocycles. The van der Waals surface area contributed by atoms with Gasteiger partial charge in [-0.1, -0.05) is 20.4 Å². The van der Waals surface area contributed by atoms with E-state index >= 15 is 0 Å². The van der Waals surface area contributed by atoms with Gasteiger partial charge in [0.1, 0.15) is 0 Å². The Hall–Kier alpha value is -1.65. The maximum atomic E-state index is 13.1. The van der Waals surface area contributed by atoms with Crippen molar-refractivity contribution in [1.82, 2.24) is 14.7 Å². The minimum Gasteiger partial charge on any atom is -0.324 e. The number of nitrogens with zero attached hydrogens (tertiary/aromatic N) is 3. The van der Waals surface area contributed by atoms with Crippen molar-refractivity contribution >= 4 is 5.91 Å². The van der Waals surface area contributed by atoms with Crippen molar-refractivity contribution in [2.24, 2.45) is 0 Å². The molecule has 104 valence electrons. The lowest BCUT2D eigenvalue weighted by Gasteiger charge is -2.38. The van der Waals surface area contributed by atoms with E-state index in [1.54, 1.807) is 4.90 Å². The SMILES string of the molecule is C=C(F)C(=O)N1C(C)Cn2nc(C(C)C)cc2C1C. The first-order valence-corrected chi connectivity index (χ1v) is 6.57. The average Bonchev–Trinajstić information content (AvgIpc) is 2.72. The first-order valence-electron chi connectivity index (χ1n) is 6.57. The van der Waals surface area contributed by atoms with E-state index in [1.807, 2.05) is 24.6 Å². The molecule has 0 aliphatic carbocycles. The number of carbonyl (C=O) groups is 1. The van der Waals surface area contributed by atoms with E-state index in [9.17, 15) is 9.18 Å². The van der Waals surface area contributed by atoms with Crippen LogP contribution in [0, 0.1) is 0 Å². The first kappa shape index (κ1) is 13.8. The van der Waals surface area contributed by atoms with Crippen LogP contribution in [-0.4, -0.2) is 26.6 Å².